The van der Waals surface area contributed by atoms with Crippen molar-refractivity contribution in [3.05, 3.63) is 18.2 Å². The summed E-state index contributed by atoms with van der Waals surface area (Å²) in [4.78, 5) is 11.7. The zero-order valence-corrected chi connectivity index (χ0v) is 13.4. The largest absolute Gasteiger partial charge is 0.490 e. The van der Waals surface area contributed by atoms with Gasteiger partial charge < -0.3 is 9.47 Å². The smallest absolute Gasteiger partial charge is 0.264 e. The molecule has 0 atom stereocenters. The Morgan fingerprint density at radius 2 is 1.91 bits per heavy atom. The molecule has 0 unspecified atom stereocenters. The van der Waals surface area contributed by atoms with E-state index in [1.54, 1.807) is 6.07 Å². The summed E-state index contributed by atoms with van der Waals surface area (Å²) < 4.78 is 37.5. The van der Waals surface area contributed by atoms with E-state index in [-0.39, 0.29) is 11.3 Å². The van der Waals surface area contributed by atoms with Gasteiger partial charge in [-0.2, -0.15) is 0 Å². The van der Waals surface area contributed by atoms with Crippen LogP contribution in [0.3, 0.4) is 0 Å². The third kappa shape index (κ3) is 4.37. The maximum atomic E-state index is 12.2. The van der Waals surface area contributed by atoms with Gasteiger partial charge >= 0.3 is 0 Å². The van der Waals surface area contributed by atoms with Crippen molar-refractivity contribution in [2.45, 2.75) is 43.9 Å². The van der Waals surface area contributed by atoms with Crippen LogP contribution in [0.1, 0.15) is 39.0 Å². The van der Waals surface area contributed by atoms with Gasteiger partial charge in [-0.25, -0.2) is 13.1 Å². The molecule has 2 rings (SSSR count). The molecule has 1 aromatic carbocycles. The topological polar surface area (TPSA) is 81.7 Å². The van der Waals surface area contributed by atoms with E-state index >= 15 is 0 Å². The number of fused-ring (bicyclic) bond motifs is 1. The van der Waals surface area contributed by atoms with E-state index < -0.39 is 15.9 Å². The van der Waals surface area contributed by atoms with Crippen molar-refractivity contribution < 1.29 is 22.7 Å². The maximum absolute atomic E-state index is 12.2. The standard InChI is InChI=1S/C15H21NO5S/c1-2-3-4-6-15(17)16-22(18,19)12-7-8-13-14(11-12)21-10-5-9-20-13/h7-8,11H,2-6,9-10H2,1H3,(H,16,17). The molecular formula is C15H21NO5S. The number of rotatable bonds is 6. The lowest BCUT2D eigenvalue weighted by atomic mass is 10.2. The lowest BCUT2D eigenvalue weighted by Crippen LogP contribution is -2.30. The average Bonchev–Trinajstić information content (AvgIpc) is 2.71. The third-order valence-corrected chi connectivity index (χ3v) is 4.66. The first-order valence-corrected chi connectivity index (χ1v) is 8.96. The van der Waals surface area contributed by atoms with Gasteiger partial charge in [-0.15, -0.1) is 0 Å². The van der Waals surface area contributed by atoms with E-state index in [0.29, 0.717) is 31.1 Å². The van der Waals surface area contributed by atoms with Crippen LogP contribution in [0.5, 0.6) is 11.5 Å². The predicted molar refractivity (Wildman–Crippen MR) is 81.5 cm³/mol. The first kappa shape index (κ1) is 16.6. The lowest BCUT2D eigenvalue weighted by molar-refractivity contribution is -0.119. The van der Waals surface area contributed by atoms with Gasteiger partial charge in [0.25, 0.3) is 10.0 Å². The number of sulfonamides is 1. The fourth-order valence-electron chi connectivity index (χ4n) is 2.11. The molecule has 1 aromatic rings. The Kier molecular flexibility index (Phi) is 5.65. The van der Waals surface area contributed by atoms with Crippen molar-refractivity contribution in [3.63, 3.8) is 0 Å². The molecule has 1 amide bonds. The molecule has 6 nitrogen and oxygen atoms in total. The highest BCUT2D eigenvalue weighted by Crippen LogP contribution is 2.31. The average molecular weight is 327 g/mol. The Hall–Kier alpha value is -1.76. The summed E-state index contributed by atoms with van der Waals surface area (Å²) in [6, 6.07) is 4.36. The number of benzene rings is 1. The van der Waals surface area contributed by atoms with Crippen LogP contribution in [0.15, 0.2) is 23.1 Å². The Labute approximate surface area is 130 Å². The molecule has 0 saturated carbocycles. The summed E-state index contributed by atoms with van der Waals surface area (Å²) in [6.07, 6.45) is 3.50. The third-order valence-electron chi connectivity index (χ3n) is 3.28. The molecule has 0 fully saturated rings. The number of unbranched alkanes of at least 4 members (excludes halogenated alkanes) is 2. The Morgan fingerprint density at radius 1 is 1.18 bits per heavy atom. The number of carbonyl (C=O) groups is 1. The minimum Gasteiger partial charge on any atom is -0.490 e. The summed E-state index contributed by atoms with van der Waals surface area (Å²) >= 11 is 0. The van der Waals surface area contributed by atoms with Gasteiger partial charge in [-0.3, -0.25) is 4.79 Å². The highest BCUT2D eigenvalue weighted by atomic mass is 32.2. The van der Waals surface area contributed by atoms with Crippen LogP contribution in [0, 0.1) is 0 Å². The molecule has 0 bridgehead atoms. The lowest BCUT2D eigenvalue weighted by Gasteiger charge is -2.10. The van der Waals surface area contributed by atoms with Gasteiger partial charge in [0.1, 0.15) is 0 Å². The van der Waals surface area contributed by atoms with Gasteiger partial charge in [0, 0.05) is 18.9 Å². The normalized spacial score (nSPS) is 14.2. The number of hydrogen-bond acceptors (Lipinski definition) is 5. The van der Waals surface area contributed by atoms with Crippen molar-refractivity contribution in [1.29, 1.82) is 0 Å². The number of carbonyl (C=O) groups excluding carboxylic acids is 1. The minimum absolute atomic E-state index is 0.000548. The van der Waals surface area contributed by atoms with Crippen LogP contribution < -0.4 is 14.2 Å². The van der Waals surface area contributed by atoms with Gasteiger partial charge in [0.05, 0.1) is 18.1 Å². The van der Waals surface area contributed by atoms with E-state index in [4.69, 9.17) is 9.47 Å². The maximum Gasteiger partial charge on any atom is 0.264 e. The van der Waals surface area contributed by atoms with Crippen LogP contribution in [0.25, 0.3) is 0 Å². The van der Waals surface area contributed by atoms with Crippen molar-refractivity contribution >= 4 is 15.9 Å². The van der Waals surface area contributed by atoms with Crippen molar-refractivity contribution in [2.75, 3.05) is 13.2 Å². The second kappa shape index (κ2) is 7.49. The van der Waals surface area contributed by atoms with Gasteiger partial charge in [-0.1, -0.05) is 19.8 Å². The monoisotopic (exact) mass is 327 g/mol. The fraction of sp³-hybridized carbons (Fsp3) is 0.533. The second-order valence-corrected chi connectivity index (χ2v) is 6.83. The summed E-state index contributed by atoms with van der Waals surface area (Å²) in [5, 5.41) is 0. The van der Waals surface area contributed by atoms with Gasteiger partial charge in [-0.05, 0) is 18.6 Å². The van der Waals surface area contributed by atoms with E-state index in [9.17, 15) is 13.2 Å². The van der Waals surface area contributed by atoms with Gasteiger partial charge in [0.15, 0.2) is 11.5 Å². The quantitative estimate of drug-likeness (QED) is 0.810. The van der Waals surface area contributed by atoms with Crippen LogP contribution in [-0.2, 0) is 14.8 Å². The Bertz CT molecular complexity index is 627. The molecule has 22 heavy (non-hydrogen) atoms. The molecule has 7 heteroatoms. The molecule has 0 saturated heterocycles. The van der Waals surface area contributed by atoms with Crippen molar-refractivity contribution in [3.8, 4) is 11.5 Å². The van der Waals surface area contributed by atoms with Gasteiger partial charge in [0.2, 0.25) is 5.91 Å². The van der Waals surface area contributed by atoms with E-state index in [2.05, 4.69) is 4.72 Å². The molecule has 0 radical (unpaired) electrons. The van der Waals surface area contributed by atoms with Crippen LogP contribution in [0.4, 0.5) is 0 Å². The van der Waals surface area contributed by atoms with Crippen LogP contribution in [0.2, 0.25) is 0 Å². The SMILES string of the molecule is CCCCCC(=O)NS(=O)(=O)c1ccc2c(c1)OCCCO2. The zero-order chi connectivity index (χ0) is 16.0. The summed E-state index contributed by atoms with van der Waals surface area (Å²) in [7, 11) is -3.88. The summed E-state index contributed by atoms with van der Waals surface area (Å²) in [6.45, 7) is 3.03. The second-order valence-electron chi connectivity index (χ2n) is 5.14. The Balaban J connectivity index is 2.09. The first-order valence-electron chi connectivity index (χ1n) is 7.48. The molecule has 0 spiro atoms. The highest BCUT2D eigenvalue weighted by molar-refractivity contribution is 7.90. The van der Waals surface area contributed by atoms with Crippen LogP contribution >= 0.6 is 0 Å². The molecule has 0 aliphatic carbocycles. The first-order chi connectivity index (χ1) is 10.5. The predicted octanol–water partition coefficient (Wildman–Crippen LogP) is 2.23. The number of ether oxygens (including phenoxy) is 2. The number of amides is 1. The molecule has 1 N–H and O–H groups in total. The molecule has 0 aromatic heterocycles. The van der Waals surface area contributed by atoms with Crippen molar-refractivity contribution in [1.82, 2.24) is 4.72 Å². The van der Waals surface area contributed by atoms with Crippen LogP contribution in [-0.4, -0.2) is 27.5 Å². The van der Waals surface area contributed by atoms with E-state index in [1.165, 1.54) is 12.1 Å². The van der Waals surface area contributed by atoms with E-state index in [1.807, 2.05) is 6.92 Å². The van der Waals surface area contributed by atoms with Crippen molar-refractivity contribution in [2.24, 2.45) is 0 Å². The molecule has 1 aliphatic heterocycles. The minimum atomic E-state index is -3.88. The fourth-order valence-corrected chi connectivity index (χ4v) is 3.14. The summed E-state index contributed by atoms with van der Waals surface area (Å²) in [5.74, 6) is 0.421. The Morgan fingerprint density at radius 3 is 2.64 bits per heavy atom. The number of nitrogens with one attached hydrogen (secondary N) is 1. The molecule has 1 heterocycles. The summed E-state index contributed by atoms with van der Waals surface area (Å²) in [5.41, 5.74) is 0. The number of hydrogen-bond donors (Lipinski definition) is 1. The molecule has 1 aliphatic rings. The molecule has 122 valence electrons. The zero-order valence-electron chi connectivity index (χ0n) is 12.6. The highest BCUT2D eigenvalue weighted by Gasteiger charge is 2.20. The van der Waals surface area contributed by atoms with E-state index in [0.717, 1.165) is 19.3 Å². The molecular weight excluding hydrogens is 306 g/mol.